The van der Waals surface area contributed by atoms with Gasteiger partial charge >= 0.3 is 0 Å². The van der Waals surface area contributed by atoms with Gasteiger partial charge in [-0.05, 0) is 30.2 Å². The summed E-state index contributed by atoms with van der Waals surface area (Å²) in [5, 5.41) is 0.232. The Balaban J connectivity index is 2.02. The summed E-state index contributed by atoms with van der Waals surface area (Å²) < 4.78 is 26.7. The molecular formula is C14H15ClN2O2S. The zero-order valence-corrected chi connectivity index (χ0v) is 12.3. The number of nitrogens with two attached hydrogens (primary N) is 1. The molecule has 0 heterocycles. The number of sulfonamides is 1. The van der Waals surface area contributed by atoms with Crippen molar-refractivity contribution in [3.05, 3.63) is 59.1 Å². The molecule has 0 fully saturated rings. The lowest BCUT2D eigenvalue weighted by Gasteiger charge is -2.08. The molecule has 0 saturated heterocycles. The van der Waals surface area contributed by atoms with Crippen molar-refractivity contribution in [2.75, 3.05) is 12.3 Å². The number of hydrogen-bond donors (Lipinski definition) is 2. The molecule has 0 aromatic heterocycles. The monoisotopic (exact) mass is 310 g/mol. The first kappa shape index (κ1) is 14.8. The maximum absolute atomic E-state index is 12.1. The predicted molar refractivity (Wildman–Crippen MR) is 81.2 cm³/mol. The number of halogens is 1. The molecule has 106 valence electrons. The van der Waals surface area contributed by atoms with Crippen LogP contribution in [0, 0.1) is 0 Å². The summed E-state index contributed by atoms with van der Waals surface area (Å²) in [6.07, 6.45) is 0.628. The van der Waals surface area contributed by atoms with E-state index in [0.29, 0.717) is 18.7 Å². The number of anilines is 1. The molecule has 0 saturated carbocycles. The largest absolute Gasteiger partial charge is 0.398 e. The van der Waals surface area contributed by atoms with Crippen LogP contribution in [0.25, 0.3) is 0 Å². The van der Waals surface area contributed by atoms with E-state index in [1.807, 2.05) is 30.3 Å². The molecule has 0 amide bonds. The average Bonchev–Trinajstić information content (AvgIpc) is 2.43. The maximum Gasteiger partial charge on any atom is 0.240 e. The fourth-order valence-corrected chi connectivity index (χ4v) is 3.04. The molecule has 0 atom stereocenters. The quantitative estimate of drug-likeness (QED) is 0.833. The van der Waals surface area contributed by atoms with Crippen molar-refractivity contribution in [1.82, 2.24) is 4.72 Å². The minimum Gasteiger partial charge on any atom is -0.398 e. The lowest BCUT2D eigenvalue weighted by atomic mass is 10.2. The molecule has 4 nitrogen and oxygen atoms in total. The van der Waals surface area contributed by atoms with Gasteiger partial charge in [-0.3, -0.25) is 0 Å². The highest BCUT2D eigenvalue weighted by Gasteiger charge is 2.14. The minimum atomic E-state index is -3.56. The number of nitrogen functional groups attached to an aromatic ring is 1. The van der Waals surface area contributed by atoms with Crippen LogP contribution in [0.4, 0.5) is 5.69 Å². The second-order valence-corrected chi connectivity index (χ2v) is 6.49. The lowest BCUT2D eigenvalue weighted by molar-refractivity contribution is 0.581. The van der Waals surface area contributed by atoms with Crippen molar-refractivity contribution in [1.29, 1.82) is 0 Å². The van der Waals surface area contributed by atoms with Crippen LogP contribution in [0.2, 0.25) is 5.02 Å². The van der Waals surface area contributed by atoms with Gasteiger partial charge in [-0.15, -0.1) is 0 Å². The van der Waals surface area contributed by atoms with Gasteiger partial charge in [0.1, 0.15) is 0 Å². The second-order valence-electron chi connectivity index (χ2n) is 4.32. The van der Waals surface area contributed by atoms with E-state index in [0.717, 1.165) is 5.56 Å². The third-order valence-corrected chi connectivity index (χ3v) is 4.62. The van der Waals surface area contributed by atoms with Gasteiger partial charge in [-0.2, -0.15) is 0 Å². The van der Waals surface area contributed by atoms with Crippen LogP contribution in [0.5, 0.6) is 0 Å². The standard InChI is InChI=1S/C14H15ClN2O2S/c15-13-10-12(6-7-14(13)16)20(18,19)17-9-8-11-4-2-1-3-5-11/h1-7,10,17H,8-9,16H2. The van der Waals surface area contributed by atoms with E-state index < -0.39 is 10.0 Å². The lowest BCUT2D eigenvalue weighted by Crippen LogP contribution is -2.26. The Morgan fingerprint density at radius 1 is 1.10 bits per heavy atom. The Morgan fingerprint density at radius 3 is 2.45 bits per heavy atom. The number of benzene rings is 2. The smallest absolute Gasteiger partial charge is 0.240 e. The van der Waals surface area contributed by atoms with E-state index in [9.17, 15) is 8.42 Å². The molecule has 0 bridgehead atoms. The van der Waals surface area contributed by atoms with Gasteiger partial charge in [0, 0.05) is 6.54 Å². The number of rotatable bonds is 5. The van der Waals surface area contributed by atoms with Crippen LogP contribution in [0.15, 0.2) is 53.4 Å². The predicted octanol–water partition coefficient (Wildman–Crippen LogP) is 2.44. The van der Waals surface area contributed by atoms with Crippen molar-refractivity contribution < 1.29 is 8.42 Å². The SMILES string of the molecule is Nc1ccc(S(=O)(=O)NCCc2ccccc2)cc1Cl. The number of hydrogen-bond acceptors (Lipinski definition) is 3. The highest BCUT2D eigenvalue weighted by molar-refractivity contribution is 7.89. The average molecular weight is 311 g/mol. The summed E-state index contributed by atoms with van der Waals surface area (Å²) in [6, 6.07) is 13.9. The summed E-state index contributed by atoms with van der Waals surface area (Å²) in [6.45, 7) is 0.328. The molecule has 0 spiro atoms. The first-order chi connectivity index (χ1) is 9.49. The maximum atomic E-state index is 12.1. The molecule has 2 rings (SSSR count). The Labute approximate surface area is 123 Å². The number of nitrogens with one attached hydrogen (secondary N) is 1. The van der Waals surface area contributed by atoms with Crippen LogP contribution in [-0.2, 0) is 16.4 Å². The molecule has 0 aliphatic heterocycles. The van der Waals surface area contributed by atoms with Crippen LogP contribution in [-0.4, -0.2) is 15.0 Å². The molecule has 6 heteroatoms. The van der Waals surface area contributed by atoms with Crippen molar-refractivity contribution >= 4 is 27.3 Å². The Bertz CT molecular complexity index is 688. The van der Waals surface area contributed by atoms with Crippen molar-refractivity contribution in [3.63, 3.8) is 0 Å². The van der Waals surface area contributed by atoms with E-state index in [1.54, 1.807) is 0 Å². The zero-order chi connectivity index (χ0) is 14.6. The van der Waals surface area contributed by atoms with E-state index >= 15 is 0 Å². The summed E-state index contributed by atoms with van der Waals surface area (Å²) >= 11 is 5.83. The Morgan fingerprint density at radius 2 is 1.80 bits per heavy atom. The van der Waals surface area contributed by atoms with Gasteiger partial charge in [-0.25, -0.2) is 13.1 Å². The van der Waals surface area contributed by atoms with Crippen molar-refractivity contribution in [2.24, 2.45) is 0 Å². The topological polar surface area (TPSA) is 72.2 Å². The van der Waals surface area contributed by atoms with Gasteiger partial charge in [0.2, 0.25) is 10.0 Å². The van der Waals surface area contributed by atoms with Crippen LogP contribution < -0.4 is 10.5 Å². The van der Waals surface area contributed by atoms with E-state index in [4.69, 9.17) is 17.3 Å². The fraction of sp³-hybridized carbons (Fsp3) is 0.143. The van der Waals surface area contributed by atoms with Crippen molar-refractivity contribution in [3.8, 4) is 0 Å². The van der Waals surface area contributed by atoms with Gasteiger partial charge in [0.15, 0.2) is 0 Å². The van der Waals surface area contributed by atoms with Gasteiger partial charge in [0.25, 0.3) is 0 Å². The first-order valence-corrected chi connectivity index (χ1v) is 7.94. The Kier molecular flexibility index (Phi) is 4.65. The molecule has 2 aromatic rings. The van der Waals surface area contributed by atoms with Gasteiger partial charge < -0.3 is 5.73 Å². The highest BCUT2D eigenvalue weighted by atomic mass is 35.5. The highest BCUT2D eigenvalue weighted by Crippen LogP contribution is 2.22. The third kappa shape index (κ3) is 3.72. The summed E-state index contributed by atoms with van der Waals surface area (Å²) in [5.74, 6) is 0. The molecular weight excluding hydrogens is 296 g/mol. The van der Waals surface area contributed by atoms with Crippen LogP contribution >= 0.6 is 11.6 Å². The first-order valence-electron chi connectivity index (χ1n) is 6.08. The van der Waals surface area contributed by atoms with Crippen molar-refractivity contribution in [2.45, 2.75) is 11.3 Å². The van der Waals surface area contributed by atoms with Gasteiger partial charge in [0.05, 0.1) is 15.6 Å². The summed E-state index contributed by atoms with van der Waals surface area (Å²) in [7, 11) is -3.56. The third-order valence-electron chi connectivity index (χ3n) is 2.83. The van der Waals surface area contributed by atoms with E-state index in [-0.39, 0.29) is 9.92 Å². The molecule has 0 unspecified atom stereocenters. The molecule has 0 aliphatic rings. The van der Waals surface area contributed by atoms with E-state index in [1.165, 1.54) is 18.2 Å². The van der Waals surface area contributed by atoms with Crippen LogP contribution in [0.1, 0.15) is 5.56 Å². The normalized spacial score (nSPS) is 11.4. The molecule has 20 heavy (non-hydrogen) atoms. The molecule has 0 aliphatic carbocycles. The van der Waals surface area contributed by atoms with E-state index in [2.05, 4.69) is 4.72 Å². The van der Waals surface area contributed by atoms with Gasteiger partial charge in [-0.1, -0.05) is 41.9 Å². The fourth-order valence-electron chi connectivity index (χ4n) is 1.73. The Hall–Kier alpha value is -1.56. The summed E-state index contributed by atoms with van der Waals surface area (Å²) in [5.41, 5.74) is 6.99. The minimum absolute atomic E-state index is 0.116. The molecule has 2 aromatic carbocycles. The zero-order valence-electron chi connectivity index (χ0n) is 10.7. The molecule has 3 N–H and O–H groups in total. The van der Waals surface area contributed by atoms with Crippen LogP contribution in [0.3, 0.4) is 0 Å². The molecule has 0 radical (unpaired) electrons. The second kappa shape index (κ2) is 6.26. The summed E-state index contributed by atoms with van der Waals surface area (Å²) in [4.78, 5) is 0.116.